The van der Waals surface area contributed by atoms with Crippen LogP contribution in [-0.4, -0.2) is 24.2 Å². The van der Waals surface area contributed by atoms with Gasteiger partial charge >= 0.3 is 0 Å². The molecule has 1 atom stereocenters. The first-order chi connectivity index (χ1) is 9.74. The predicted octanol–water partition coefficient (Wildman–Crippen LogP) is 2.11. The van der Waals surface area contributed by atoms with Gasteiger partial charge in [-0.05, 0) is 36.8 Å². The average Bonchev–Trinajstić information content (AvgIpc) is 2.94. The van der Waals surface area contributed by atoms with Crippen LogP contribution in [0.25, 0.3) is 10.9 Å². The van der Waals surface area contributed by atoms with Crippen LogP contribution >= 0.6 is 0 Å². The summed E-state index contributed by atoms with van der Waals surface area (Å²) in [6.45, 7) is 4.26. The molecule has 1 saturated heterocycles. The van der Waals surface area contributed by atoms with Crippen molar-refractivity contribution in [2.45, 2.75) is 32.4 Å². The first-order valence-corrected chi connectivity index (χ1v) is 7.18. The largest absolute Gasteiger partial charge is 0.377 e. The highest BCUT2D eigenvalue weighted by atomic mass is 16.5. The van der Waals surface area contributed by atoms with Gasteiger partial charge in [0.25, 0.3) is 5.56 Å². The lowest BCUT2D eigenvalue weighted by Crippen LogP contribution is -2.28. The second-order valence-corrected chi connectivity index (χ2v) is 5.43. The molecule has 3 rings (SSSR count). The molecule has 1 aliphatic rings. The molecular weight excluding hydrogens is 252 g/mol. The molecule has 1 fully saturated rings. The van der Waals surface area contributed by atoms with Crippen molar-refractivity contribution in [2.24, 2.45) is 0 Å². The lowest BCUT2D eigenvalue weighted by Gasteiger charge is -2.11. The van der Waals surface area contributed by atoms with Gasteiger partial charge in [-0.15, -0.1) is 0 Å². The van der Waals surface area contributed by atoms with E-state index in [0.717, 1.165) is 48.0 Å². The second kappa shape index (κ2) is 5.77. The molecule has 1 aromatic carbocycles. The molecule has 4 nitrogen and oxygen atoms in total. The van der Waals surface area contributed by atoms with Crippen LogP contribution < -0.4 is 10.9 Å². The third-order valence-electron chi connectivity index (χ3n) is 3.88. The first-order valence-electron chi connectivity index (χ1n) is 7.18. The minimum absolute atomic E-state index is 0.00774. The number of H-pyrrole nitrogens is 1. The summed E-state index contributed by atoms with van der Waals surface area (Å²) in [5.74, 6) is 0. The Balaban J connectivity index is 1.74. The van der Waals surface area contributed by atoms with Crippen molar-refractivity contribution in [1.82, 2.24) is 10.3 Å². The Morgan fingerprint density at radius 1 is 1.45 bits per heavy atom. The van der Waals surface area contributed by atoms with E-state index in [9.17, 15) is 4.79 Å². The zero-order chi connectivity index (χ0) is 13.9. The van der Waals surface area contributed by atoms with Gasteiger partial charge < -0.3 is 15.0 Å². The van der Waals surface area contributed by atoms with Gasteiger partial charge in [0.2, 0.25) is 0 Å². The van der Waals surface area contributed by atoms with Gasteiger partial charge in [-0.1, -0.05) is 18.2 Å². The number of fused-ring (bicyclic) bond motifs is 1. The Hall–Kier alpha value is -1.65. The van der Waals surface area contributed by atoms with Crippen LogP contribution in [0, 0.1) is 6.92 Å². The maximum atomic E-state index is 12.1. The van der Waals surface area contributed by atoms with E-state index in [-0.39, 0.29) is 5.56 Å². The summed E-state index contributed by atoms with van der Waals surface area (Å²) in [5.41, 5.74) is 2.80. The van der Waals surface area contributed by atoms with Crippen molar-refractivity contribution < 1.29 is 4.74 Å². The van der Waals surface area contributed by atoms with E-state index < -0.39 is 0 Å². The normalized spacial score (nSPS) is 18.8. The minimum Gasteiger partial charge on any atom is -0.377 e. The number of nitrogens with one attached hydrogen (secondary N) is 2. The summed E-state index contributed by atoms with van der Waals surface area (Å²) in [4.78, 5) is 15.1. The molecule has 2 heterocycles. The molecule has 2 N–H and O–H groups in total. The lowest BCUT2D eigenvalue weighted by atomic mass is 10.1. The summed E-state index contributed by atoms with van der Waals surface area (Å²) >= 11 is 0. The molecule has 4 heteroatoms. The Bertz CT molecular complexity index is 657. The number of aromatic amines is 1. The fourth-order valence-electron chi connectivity index (χ4n) is 2.73. The monoisotopic (exact) mass is 272 g/mol. The van der Waals surface area contributed by atoms with Gasteiger partial charge in [0.05, 0.1) is 11.6 Å². The van der Waals surface area contributed by atoms with Crippen LogP contribution in [-0.2, 0) is 11.3 Å². The average molecular weight is 272 g/mol. The highest BCUT2D eigenvalue weighted by Crippen LogP contribution is 2.15. The van der Waals surface area contributed by atoms with Crippen molar-refractivity contribution in [3.8, 4) is 0 Å². The number of hydrogen-bond donors (Lipinski definition) is 2. The third kappa shape index (κ3) is 2.76. The van der Waals surface area contributed by atoms with E-state index in [1.54, 1.807) is 0 Å². The Morgan fingerprint density at radius 2 is 2.35 bits per heavy atom. The molecule has 20 heavy (non-hydrogen) atoms. The maximum absolute atomic E-state index is 12.1. The minimum atomic E-state index is -0.00774. The van der Waals surface area contributed by atoms with Crippen LogP contribution in [0.4, 0.5) is 0 Å². The first kappa shape index (κ1) is 13.3. The molecule has 0 radical (unpaired) electrons. The maximum Gasteiger partial charge on any atom is 0.252 e. The molecule has 1 aromatic heterocycles. The van der Waals surface area contributed by atoms with Gasteiger partial charge in [-0.2, -0.15) is 0 Å². The standard InChI is InChI=1S/C16H20N2O2/c1-11-4-2-5-12-8-13(16(19)18-15(11)12)9-17-10-14-6-3-7-20-14/h2,4-5,8,14,17H,3,6-7,9-10H2,1H3,(H,18,19). The number of rotatable bonds is 4. The van der Waals surface area contributed by atoms with Crippen LogP contribution in [0.15, 0.2) is 29.1 Å². The van der Waals surface area contributed by atoms with E-state index >= 15 is 0 Å². The fourth-order valence-corrected chi connectivity index (χ4v) is 2.73. The van der Waals surface area contributed by atoms with Gasteiger partial charge in [0.1, 0.15) is 0 Å². The zero-order valence-electron chi connectivity index (χ0n) is 11.7. The highest BCUT2D eigenvalue weighted by molar-refractivity contribution is 5.81. The summed E-state index contributed by atoms with van der Waals surface area (Å²) in [7, 11) is 0. The number of para-hydroxylation sites is 1. The molecule has 2 aromatic rings. The molecular formula is C16H20N2O2. The summed E-state index contributed by atoms with van der Waals surface area (Å²) < 4.78 is 5.56. The molecule has 0 spiro atoms. The molecule has 1 unspecified atom stereocenters. The smallest absolute Gasteiger partial charge is 0.252 e. The Morgan fingerprint density at radius 3 is 3.15 bits per heavy atom. The van der Waals surface area contributed by atoms with Gasteiger partial charge in [0, 0.05) is 25.3 Å². The Labute approximate surface area is 118 Å². The number of hydrogen-bond acceptors (Lipinski definition) is 3. The molecule has 0 amide bonds. The van der Waals surface area contributed by atoms with Crippen molar-refractivity contribution in [3.05, 3.63) is 45.7 Å². The van der Waals surface area contributed by atoms with E-state index in [0.29, 0.717) is 12.6 Å². The van der Waals surface area contributed by atoms with E-state index in [4.69, 9.17) is 4.74 Å². The molecule has 1 aliphatic heterocycles. The van der Waals surface area contributed by atoms with Gasteiger partial charge in [-0.3, -0.25) is 4.79 Å². The fraction of sp³-hybridized carbons (Fsp3) is 0.438. The highest BCUT2D eigenvalue weighted by Gasteiger charge is 2.14. The topological polar surface area (TPSA) is 54.1 Å². The van der Waals surface area contributed by atoms with Crippen LogP contribution in [0.2, 0.25) is 0 Å². The number of benzene rings is 1. The molecule has 106 valence electrons. The molecule has 0 saturated carbocycles. The molecule has 0 bridgehead atoms. The van der Waals surface area contributed by atoms with Crippen LogP contribution in [0.3, 0.4) is 0 Å². The van der Waals surface area contributed by atoms with Crippen molar-refractivity contribution in [1.29, 1.82) is 0 Å². The zero-order valence-corrected chi connectivity index (χ0v) is 11.7. The van der Waals surface area contributed by atoms with E-state index in [1.165, 1.54) is 0 Å². The number of ether oxygens (including phenoxy) is 1. The second-order valence-electron chi connectivity index (χ2n) is 5.43. The summed E-state index contributed by atoms with van der Waals surface area (Å²) in [6.07, 6.45) is 2.56. The van der Waals surface area contributed by atoms with E-state index in [2.05, 4.69) is 10.3 Å². The quantitative estimate of drug-likeness (QED) is 0.896. The predicted molar refractivity (Wildman–Crippen MR) is 80.0 cm³/mol. The summed E-state index contributed by atoms with van der Waals surface area (Å²) in [6, 6.07) is 8.03. The van der Waals surface area contributed by atoms with Gasteiger partial charge in [0.15, 0.2) is 0 Å². The number of aryl methyl sites for hydroxylation is 1. The van der Waals surface area contributed by atoms with Crippen molar-refractivity contribution in [2.75, 3.05) is 13.2 Å². The lowest BCUT2D eigenvalue weighted by molar-refractivity contribution is 0.110. The van der Waals surface area contributed by atoms with Gasteiger partial charge in [-0.25, -0.2) is 0 Å². The SMILES string of the molecule is Cc1cccc2cc(CNCC3CCCO3)c(=O)[nH]c12. The molecule has 0 aliphatic carbocycles. The number of pyridine rings is 1. The van der Waals surface area contributed by atoms with E-state index in [1.807, 2.05) is 31.2 Å². The van der Waals surface area contributed by atoms with Crippen molar-refractivity contribution in [3.63, 3.8) is 0 Å². The third-order valence-corrected chi connectivity index (χ3v) is 3.88. The van der Waals surface area contributed by atoms with Crippen LogP contribution in [0.5, 0.6) is 0 Å². The Kier molecular flexibility index (Phi) is 3.85. The number of aromatic nitrogens is 1. The van der Waals surface area contributed by atoms with Crippen molar-refractivity contribution >= 4 is 10.9 Å². The van der Waals surface area contributed by atoms with Crippen LogP contribution in [0.1, 0.15) is 24.0 Å². The summed E-state index contributed by atoms with van der Waals surface area (Å²) in [5, 5.41) is 4.40.